The number of ether oxygens (including phenoxy) is 2. The molecule has 0 radical (unpaired) electrons. The number of fused-ring (bicyclic) bond motifs is 3. The molecule has 7 nitrogen and oxygen atoms in total. The summed E-state index contributed by atoms with van der Waals surface area (Å²) < 4.78 is 13.0. The Morgan fingerprint density at radius 1 is 1.05 bits per heavy atom. The lowest BCUT2D eigenvalue weighted by Gasteiger charge is -2.52. The van der Waals surface area contributed by atoms with Gasteiger partial charge in [-0.25, -0.2) is 4.79 Å². The van der Waals surface area contributed by atoms with Crippen molar-refractivity contribution >= 4 is 40.2 Å². The monoisotopic (exact) mass is 541 g/mol. The smallest absolute Gasteiger partial charge is 0.349 e. The number of hydrogen-bond donors (Lipinski definition) is 2. The molecular formula is C28H33N2O5S2+. The van der Waals surface area contributed by atoms with E-state index in [1.165, 1.54) is 29.6 Å². The molecule has 3 aromatic rings. The van der Waals surface area contributed by atoms with E-state index in [1.54, 1.807) is 12.1 Å². The summed E-state index contributed by atoms with van der Waals surface area (Å²) in [4.78, 5) is 25.9. The lowest BCUT2D eigenvalue weighted by molar-refractivity contribution is -0.946. The summed E-state index contributed by atoms with van der Waals surface area (Å²) in [6.07, 6.45) is 2.76. The van der Waals surface area contributed by atoms with Crippen molar-refractivity contribution in [1.29, 1.82) is 0 Å². The van der Waals surface area contributed by atoms with Crippen molar-refractivity contribution < 1.29 is 28.7 Å². The Morgan fingerprint density at radius 2 is 1.70 bits per heavy atom. The molecule has 9 heteroatoms. The molecule has 0 spiro atoms. The zero-order chi connectivity index (χ0) is 25.9. The summed E-state index contributed by atoms with van der Waals surface area (Å²) in [5.74, 6) is 0.456. The van der Waals surface area contributed by atoms with E-state index in [2.05, 4.69) is 5.32 Å². The number of quaternary nitrogens is 1. The summed E-state index contributed by atoms with van der Waals surface area (Å²) in [6.45, 7) is 6.01. The zero-order valence-corrected chi connectivity index (χ0v) is 22.6. The number of aliphatic hydroxyl groups is 1. The van der Waals surface area contributed by atoms with Crippen LogP contribution in [0.2, 0.25) is 0 Å². The highest BCUT2D eigenvalue weighted by Crippen LogP contribution is 2.40. The Hall–Kier alpha value is -2.72. The molecule has 196 valence electrons. The van der Waals surface area contributed by atoms with Crippen LogP contribution in [-0.2, 0) is 19.9 Å². The molecule has 3 aliphatic rings. The third kappa shape index (κ3) is 5.60. The predicted octanol–water partition coefficient (Wildman–Crippen LogP) is 4.63. The molecule has 2 N–H and O–H groups in total. The summed E-state index contributed by atoms with van der Waals surface area (Å²) in [5, 5.41) is 18.1. The Morgan fingerprint density at radius 3 is 2.27 bits per heavy atom. The largest absolute Gasteiger partial charge is 0.493 e. The van der Waals surface area contributed by atoms with Gasteiger partial charge in [-0.05, 0) is 47.2 Å². The van der Waals surface area contributed by atoms with Crippen molar-refractivity contribution in [3.63, 3.8) is 0 Å². The van der Waals surface area contributed by atoms with Crippen molar-refractivity contribution in [1.82, 2.24) is 0 Å². The first-order valence-corrected chi connectivity index (χ1v) is 14.5. The summed E-state index contributed by atoms with van der Waals surface area (Å²) in [5.41, 5.74) is -1.01. The Balaban J connectivity index is 1.18. The first-order valence-electron chi connectivity index (χ1n) is 12.7. The number of piperidine rings is 3. The Labute approximate surface area is 225 Å². The maximum Gasteiger partial charge on any atom is 0.349 e. The van der Waals surface area contributed by atoms with Crippen LogP contribution < -0.4 is 10.1 Å². The van der Waals surface area contributed by atoms with Gasteiger partial charge >= 0.3 is 5.97 Å². The first-order chi connectivity index (χ1) is 17.9. The molecule has 3 fully saturated rings. The summed E-state index contributed by atoms with van der Waals surface area (Å²) >= 11 is 2.74. The second-order valence-corrected chi connectivity index (χ2v) is 11.9. The molecule has 6 rings (SSSR count). The molecule has 3 aliphatic heterocycles. The third-order valence-electron chi connectivity index (χ3n) is 7.57. The number of thiophene rings is 2. The quantitative estimate of drug-likeness (QED) is 0.222. The van der Waals surface area contributed by atoms with E-state index < -0.39 is 11.6 Å². The molecule has 3 saturated heterocycles. The molecule has 2 bridgehead atoms. The number of nitrogens with one attached hydrogen (secondary N) is 1. The number of esters is 1. The van der Waals surface area contributed by atoms with Gasteiger partial charge < -0.3 is 24.4 Å². The molecular weight excluding hydrogens is 508 g/mol. The summed E-state index contributed by atoms with van der Waals surface area (Å²) in [7, 11) is 0. The first kappa shape index (κ1) is 25.9. The highest BCUT2D eigenvalue weighted by molar-refractivity contribution is 7.12. The molecule has 37 heavy (non-hydrogen) atoms. The van der Waals surface area contributed by atoms with Crippen LogP contribution in [0.5, 0.6) is 5.75 Å². The average molecular weight is 542 g/mol. The van der Waals surface area contributed by atoms with Gasteiger partial charge in [-0.1, -0.05) is 12.1 Å². The van der Waals surface area contributed by atoms with Crippen molar-refractivity contribution in [2.24, 2.45) is 5.92 Å². The average Bonchev–Trinajstić information content (AvgIpc) is 3.63. The summed E-state index contributed by atoms with van der Waals surface area (Å²) in [6, 6.07) is 14.7. The molecule has 5 heterocycles. The topological polar surface area (TPSA) is 84.9 Å². The number of benzene rings is 1. The standard InChI is InChI=1S/C28H32N2O5S2/c1-20(31)29-22-7-9-23(10-8-22)34-16-4-13-30-14-11-21(12-15-30)24(19-30)35-27(32)28(33,25-5-2-17-36-25)26-6-3-18-37-26/h2-3,5-10,17-18,21,24,33H,4,11-16,19H2,1H3/p+1/t21?,24-,30?/m0/s1. The second-order valence-electron chi connectivity index (χ2n) is 10.0. The highest BCUT2D eigenvalue weighted by atomic mass is 32.1. The molecule has 0 unspecified atom stereocenters. The van der Waals surface area contributed by atoms with Gasteiger partial charge in [0.05, 0.1) is 36.0 Å². The van der Waals surface area contributed by atoms with Crippen LogP contribution in [0.25, 0.3) is 0 Å². The van der Waals surface area contributed by atoms with Crippen LogP contribution in [0.4, 0.5) is 5.69 Å². The van der Waals surface area contributed by atoms with E-state index in [0.29, 0.717) is 22.3 Å². The number of anilines is 1. The number of nitrogens with zero attached hydrogens (tertiary/aromatic N) is 1. The minimum absolute atomic E-state index is 0.0976. The second kappa shape index (κ2) is 10.9. The Bertz CT molecular complexity index is 1150. The van der Waals surface area contributed by atoms with Gasteiger partial charge in [-0.15, -0.1) is 22.7 Å². The maximum absolute atomic E-state index is 13.5. The van der Waals surface area contributed by atoms with E-state index in [4.69, 9.17) is 9.47 Å². The molecule has 0 saturated carbocycles. The zero-order valence-electron chi connectivity index (χ0n) is 20.9. The van der Waals surface area contributed by atoms with Gasteiger partial charge in [0.25, 0.3) is 0 Å². The van der Waals surface area contributed by atoms with Gasteiger partial charge in [0.2, 0.25) is 11.5 Å². The van der Waals surface area contributed by atoms with Crippen LogP contribution in [-0.4, -0.2) is 60.4 Å². The van der Waals surface area contributed by atoms with E-state index in [9.17, 15) is 14.7 Å². The highest BCUT2D eigenvalue weighted by Gasteiger charge is 2.51. The molecule has 1 aromatic carbocycles. The van der Waals surface area contributed by atoms with Crippen LogP contribution >= 0.6 is 22.7 Å². The Kier molecular flexibility index (Phi) is 7.67. The van der Waals surface area contributed by atoms with Crippen LogP contribution in [0.15, 0.2) is 59.3 Å². The van der Waals surface area contributed by atoms with E-state index in [0.717, 1.165) is 61.4 Å². The van der Waals surface area contributed by atoms with Gasteiger partial charge in [-0.2, -0.15) is 0 Å². The van der Waals surface area contributed by atoms with Gasteiger partial charge in [0.15, 0.2) is 6.10 Å². The van der Waals surface area contributed by atoms with E-state index >= 15 is 0 Å². The normalized spacial score (nSPS) is 23.0. The van der Waals surface area contributed by atoms with Crippen LogP contribution in [0.3, 0.4) is 0 Å². The number of amides is 1. The van der Waals surface area contributed by atoms with E-state index in [-0.39, 0.29) is 12.0 Å². The molecule has 1 atom stereocenters. The van der Waals surface area contributed by atoms with Gasteiger partial charge in [0.1, 0.15) is 12.3 Å². The predicted molar refractivity (Wildman–Crippen MR) is 145 cm³/mol. The molecule has 1 amide bonds. The van der Waals surface area contributed by atoms with Gasteiger partial charge in [0, 0.05) is 37.8 Å². The van der Waals surface area contributed by atoms with Crippen LogP contribution in [0, 0.1) is 5.92 Å². The number of carbonyl (C=O) groups is 2. The lowest BCUT2D eigenvalue weighted by Crippen LogP contribution is -2.65. The van der Waals surface area contributed by atoms with Crippen molar-refractivity contribution in [2.75, 3.05) is 38.1 Å². The van der Waals surface area contributed by atoms with Crippen molar-refractivity contribution in [2.45, 2.75) is 37.9 Å². The third-order valence-corrected chi connectivity index (χ3v) is 9.53. The van der Waals surface area contributed by atoms with Crippen molar-refractivity contribution in [3.05, 3.63) is 69.0 Å². The van der Waals surface area contributed by atoms with Crippen molar-refractivity contribution in [3.8, 4) is 5.75 Å². The van der Waals surface area contributed by atoms with E-state index in [1.807, 2.05) is 47.2 Å². The SMILES string of the molecule is CC(=O)Nc1ccc(OCCC[N+]23CCC(CC2)[C@@H](OC(=O)C(O)(c2cccs2)c2cccs2)C3)cc1. The van der Waals surface area contributed by atoms with Gasteiger partial charge in [-0.3, -0.25) is 4.79 Å². The van der Waals surface area contributed by atoms with Crippen LogP contribution in [0.1, 0.15) is 35.9 Å². The fourth-order valence-electron chi connectivity index (χ4n) is 5.61. The maximum atomic E-state index is 13.5. The number of rotatable bonds is 10. The fourth-order valence-corrected chi connectivity index (χ4v) is 7.33. The number of carbonyl (C=O) groups excluding carboxylic acids is 2. The number of hydrogen-bond acceptors (Lipinski definition) is 7. The lowest BCUT2D eigenvalue weighted by atomic mass is 9.83. The molecule has 0 aliphatic carbocycles. The minimum atomic E-state index is -1.76. The molecule has 2 aromatic heterocycles. The minimum Gasteiger partial charge on any atom is -0.493 e. The fraction of sp³-hybridized carbons (Fsp3) is 0.429.